The van der Waals surface area contributed by atoms with Crippen LogP contribution in [0.3, 0.4) is 0 Å². The standard InChI is InChI=1S/C12H11F15N2O/c13-6(14,5(30)29-4-2-1-3-28)7(15,16)8(17,18)9(19,20)10(21,22)11(23,24)12(25,26)27/h1-4,28H2,(H,29,30). The van der Waals surface area contributed by atoms with Gasteiger partial charge in [0.25, 0.3) is 5.91 Å². The molecule has 3 N–H and O–H groups in total. The second-order valence-electron chi connectivity index (χ2n) is 5.70. The highest BCUT2D eigenvalue weighted by molar-refractivity contribution is 5.84. The van der Waals surface area contributed by atoms with Crippen molar-refractivity contribution in [2.24, 2.45) is 5.73 Å². The summed E-state index contributed by atoms with van der Waals surface area (Å²) in [5, 5.41) is 0.862. The van der Waals surface area contributed by atoms with E-state index < -0.39 is 54.2 Å². The van der Waals surface area contributed by atoms with Gasteiger partial charge in [0, 0.05) is 6.54 Å². The lowest BCUT2D eigenvalue weighted by molar-refractivity contribution is -0.449. The van der Waals surface area contributed by atoms with Crippen LogP contribution in [0.15, 0.2) is 0 Å². The first-order valence-corrected chi connectivity index (χ1v) is 7.30. The van der Waals surface area contributed by atoms with Gasteiger partial charge in [-0.15, -0.1) is 0 Å². The van der Waals surface area contributed by atoms with E-state index in [0.29, 0.717) is 0 Å². The van der Waals surface area contributed by atoms with Crippen molar-refractivity contribution in [3.05, 3.63) is 0 Å². The fourth-order valence-corrected chi connectivity index (χ4v) is 1.69. The van der Waals surface area contributed by atoms with Crippen molar-refractivity contribution < 1.29 is 70.7 Å². The maximum Gasteiger partial charge on any atom is 0.460 e. The largest absolute Gasteiger partial charge is 0.460 e. The lowest BCUT2D eigenvalue weighted by Gasteiger charge is -2.41. The second-order valence-corrected chi connectivity index (χ2v) is 5.70. The molecule has 0 saturated heterocycles. The minimum Gasteiger partial charge on any atom is -0.351 e. The number of hydrogen-bond acceptors (Lipinski definition) is 2. The Morgan fingerprint density at radius 3 is 1.33 bits per heavy atom. The smallest absolute Gasteiger partial charge is 0.351 e. The van der Waals surface area contributed by atoms with Crippen molar-refractivity contribution in [2.45, 2.75) is 54.6 Å². The predicted molar refractivity (Wildman–Crippen MR) is 67.0 cm³/mol. The Balaban J connectivity index is 6.20. The number of nitrogens with two attached hydrogens (primary N) is 1. The third-order valence-corrected chi connectivity index (χ3v) is 3.53. The fourth-order valence-electron chi connectivity index (χ4n) is 1.69. The number of halogens is 15. The molecule has 0 spiro atoms. The molecule has 0 saturated carbocycles. The van der Waals surface area contributed by atoms with Gasteiger partial charge in [0.05, 0.1) is 0 Å². The Bertz CT molecular complexity index is 613. The van der Waals surface area contributed by atoms with Crippen molar-refractivity contribution in [3.63, 3.8) is 0 Å². The summed E-state index contributed by atoms with van der Waals surface area (Å²) in [5.74, 6) is -51.3. The van der Waals surface area contributed by atoms with E-state index in [4.69, 9.17) is 5.73 Å². The molecule has 1 amide bonds. The number of unbranched alkanes of at least 4 members (excludes halogenated alkanes) is 1. The molecule has 3 nitrogen and oxygen atoms in total. The van der Waals surface area contributed by atoms with Crippen molar-refractivity contribution in [2.75, 3.05) is 13.1 Å². The number of amides is 1. The van der Waals surface area contributed by atoms with Crippen molar-refractivity contribution in [3.8, 4) is 0 Å². The van der Waals surface area contributed by atoms with Crippen LogP contribution in [0.2, 0.25) is 0 Å². The van der Waals surface area contributed by atoms with Crippen LogP contribution in [0.25, 0.3) is 0 Å². The Kier molecular flexibility index (Phi) is 7.70. The topological polar surface area (TPSA) is 55.1 Å². The second kappa shape index (κ2) is 8.14. The first kappa shape index (κ1) is 28.4. The van der Waals surface area contributed by atoms with Gasteiger partial charge in [-0.3, -0.25) is 4.79 Å². The summed E-state index contributed by atoms with van der Waals surface area (Å²) in [6.07, 6.45) is -8.05. The highest BCUT2D eigenvalue weighted by atomic mass is 19.4. The predicted octanol–water partition coefficient (Wildman–Crippen LogP) is 4.22. The minimum absolute atomic E-state index is 0.0464. The molecule has 0 unspecified atom stereocenters. The Hall–Kier alpha value is -1.62. The molecule has 0 bridgehead atoms. The average Bonchev–Trinajstić information content (AvgIpc) is 2.56. The summed E-state index contributed by atoms with van der Waals surface area (Å²) in [4.78, 5) is 11.0. The van der Waals surface area contributed by atoms with Crippen LogP contribution in [0.1, 0.15) is 12.8 Å². The summed E-state index contributed by atoms with van der Waals surface area (Å²) in [5.41, 5.74) is 4.94. The van der Waals surface area contributed by atoms with E-state index in [1.165, 1.54) is 0 Å². The quantitative estimate of drug-likeness (QED) is 0.361. The molecular weight excluding hydrogens is 473 g/mol. The number of alkyl halides is 15. The minimum atomic E-state index is -8.41. The normalized spacial score (nSPS) is 15.3. The van der Waals surface area contributed by atoms with Crippen molar-refractivity contribution in [1.82, 2.24) is 5.32 Å². The fraction of sp³-hybridized carbons (Fsp3) is 0.917. The monoisotopic (exact) mass is 484 g/mol. The zero-order valence-electron chi connectivity index (χ0n) is 14.0. The Morgan fingerprint density at radius 2 is 0.967 bits per heavy atom. The van der Waals surface area contributed by atoms with Crippen LogP contribution in [0, 0.1) is 0 Å². The highest BCUT2D eigenvalue weighted by Gasteiger charge is 2.94. The number of nitrogens with one attached hydrogen (secondary N) is 1. The first-order chi connectivity index (χ1) is 13.0. The van der Waals surface area contributed by atoms with E-state index in [-0.39, 0.29) is 19.4 Å². The van der Waals surface area contributed by atoms with E-state index in [2.05, 4.69) is 0 Å². The molecule has 0 rings (SSSR count). The van der Waals surface area contributed by atoms with Crippen molar-refractivity contribution in [1.29, 1.82) is 0 Å². The molecule has 0 aliphatic carbocycles. The number of carbonyl (C=O) groups excluding carboxylic acids is 1. The van der Waals surface area contributed by atoms with Gasteiger partial charge in [0.1, 0.15) is 0 Å². The SMILES string of the molecule is NCCCCNC(=O)C(F)(F)C(F)(F)C(F)(F)C(F)(F)C(F)(F)C(F)(F)C(F)(F)F. The van der Waals surface area contributed by atoms with Crippen LogP contribution >= 0.6 is 0 Å². The summed E-state index contributed by atoms with van der Waals surface area (Å²) in [7, 11) is 0. The van der Waals surface area contributed by atoms with Crippen molar-refractivity contribution >= 4 is 5.91 Å². The summed E-state index contributed by atoms with van der Waals surface area (Å²) in [6.45, 7) is -1.10. The van der Waals surface area contributed by atoms with Gasteiger partial charge >= 0.3 is 41.7 Å². The van der Waals surface area contributed by atoms with Gasteiger partial charge in [-0.1, -0.05) is 0 Å². The molecule has 0 aliphatic rings. The average molecular weight is 484 g/mol. The van der Waals surface area contributed by atoms with Crippen LogP contribution < -0.4 is 11.1 Å². The van der Waals surface area contributed by atoms with Gasteiger partial charge in [0.2, 0.25) is 0 Å². The number of rotatable bonds is 10. The molecule has 0 aromatic rings. The van der Waals surface area contributed by atoms with E-state index in [1.54, 1.807) is 0 Å². The zero-order chi connectivity index (χ0) is 24.6. The molecule has 18 heteroatoms. The maximum atomic E-state index is 13.4. The van der Waals surface area contributed by atoms with E-state index >= 15 is 0 Å². The van der Waals surface area contributed by atoms with Gasteiger partial charge in [0.15, 0.2) is 0 Å². The van der Waals surface area contributed by atoms with Crippen LogP contribution in [0.5, 0.6) is 0 Å². The summed E-state index contributed by atoms with van der Waals surface area (Å²) in [6, 6.07) is 0. The van der Waals surface area contributed by atoms with Crippen LogP contribution in [-0.4, -0.2) is 60.7 Å². The number of hydrogen-bond donors (Lipinski definition) is 2. The van der Waals surface area contributed by atoms with E-state index in [0.717, 1.165) is 5.32 Å². The molecular formula is C12H11F15N2O. The van der Waals surface area contributed by atoms with Gasteiger partial charge in [-0.2, -0.15) is 65.9 Å². The lowest BCUT2D eigenvalue weighted by Crippen LogP contribution is -2.74. The molecule has 0 fully saturated rings. The molecule has 0 aromatic carbocycles. The first-order valence-electron chi connectivity index (χ1n) is 7.30. The van der Waals surface area contributed by atoms with Crippen LogP contribution in [0.4, 0.5) is 65.9 Å². The van der Waals surface area contributed by atoms with Gasteiger partial charge < -0.3 is 11.1 Å². The highest BCUT2D eigenvalue weighted by Crippen LogP contribution is 2.62. The lowest BCUT2D eigenvalue weighted by atomic mass is 9.91. The summed E-state index contributed by atoms with van der Waals surface area (Å²) >= 11 is 0. The Morgan fingerprint density at radius 1 is 0.600 bits per heavy atom. The van der Waals surface area contributed by atoms with E-state index in [9.17, 15) is 70.7 Å². The molecule has 30 heavy (non-hydrogen) atoms. The third kappa shape index (κ3) is 4.10. The molecule has 0 aromatic heterocycles. The van der Waals surface area contributed by atoms with Gasteiger partial charge in [-0.25, -0.2) is 0 Å². The molecule has 0 radical (unpaired) electrons. The molecule has 0 atom stereocenters. The molecule has 0 aliphatic heterocycles. The molecule has 180 valence electrons. The van der Waals surface area contributed by atoms with Gasteiger partial charge in [-0.05, 0) is 19.4 Å². The zero-order valence-corrected chi connectivity index (χ0v) is 14.0. The van der Waals surface area contributed by atoms with E-state index in [1.807, 2.05) is 0 Å². The third-order valence-electron chi connectivity index (χ3n) is 3.53. The molecule has 0 heterocycles. The maximum absolute atomic E-state index is 13.4. The number of carbonyl (C=O) groups is 1. The summed E-state index contributed by atoms with van der Waals surface area (Å²) < 4.78 is 194. The Labute approximate surface area is 156 Å². The van der Waals surface area contributed by atoms with Crippen LogP contribution in [-0.2, 0) is 4.79 Å².